The number of ether oxygens (including phenoxy) is 1. The number of fused-ring (bicyclic) bond motifs is 1. The van der Waals surface area contributed by atoms with E-state index in [1.165, 1.54) is 0 Å². The summed E-state index contributed by atoms with van der Waals surface area (Å²) in [6.45, 7) is 5.79. The Balaban J connectivity index is 2.16. The lowest BCUT2D eigenvalue weighted by Crippen LogP contribution is -2.22. The first-order valence-corrected chi connectivity index (χ1v) is 6.18. The van der Waals surface area contributed by atoms with E-state index in [1.807, 2.05) is 45.2 Å². The molecule has 0 radical (unpaired) electrons. The van der Waals surface area contributed by atoms with Gasteiger partial charge in [-0.05, 0) is 32.9 Å². The number of rotatable bonds is 2. The van der Waals surface area contributed by atoms with Gasteiger partial charge in [-0.2, -0.15) is 0 Å². The normalized spacial score (nSPS) is 11.8. The maximum Gasteiger partial charge on any atom is 0.311 e. The summed E-state index contributed by atoms with van der Waals surface area (Å²) in [7, 11) is 0. The average Bonchev–Trinajstić information content (AvgIpc) is 2.66. The molecule has 1 heterocycles. The highest BCUT2D eigenvalue weighted by Gasteiger charge is 2.23. The van der Waals surface area contributed by atoms with Crippen molar-refractivity contribution in [2.45, 2.75) is 27.4 Å². The Morgan fingerprint density at radius 1 is 1.39 bits per heavy atom. The van der Waals surface area contributed by atoms with Gasteiger partial charge in [0.05, 0.1) is 5.41 Å². The van der Waals surface area contributed by atoms with Crippen LogP contribution in [-0.4, -0.2) is 11.0 Å². The quantitative estimate of drug-likeness (QED) is 0.837. The van der Waals surface area contributed by atoms with Crippen LogP contribution in [0.5, 0.6) is 0 Å². The molecule has 18 heavy (non-hydrogen) atoms. The number of esters is 1. The van der Waals surface area contributed by atoms with Crippen LogP contribution in [0.15, 0.2) is 24.4 Å². The zero-order valence-electron chi connectivity index (χ0n) is 10.7. The third-order valence-corrected chi connectivity index (χ3v) is 2.94. The van der Waals surface area contributed by atoms with Gasteiger partial charge in [0.15, 0.2) is 0 Å². The molecule has 0 amide bonds. The van der Waals surface area contributed by atoms with Gasteiger partial charge in [0.2, 0.25) is 0 Å². The Kier molecular flexibility index (Phi) is 3.35. The highest BCUT2D eigenvalue weighted by atomic mass is 35.5. The van der Waals surface area contributed by atoms with Crippen LogP contribution in [0, 0.1) is 5.41 Å². The van der Waals surface area contributed by atoms with E-state index in [4.69, 9.17) is 16.3 Å². The first-order chi connectivity index (χ1) is 8.38. The Bertz CT molecular complexity index is 581. The van der Waals surface area contributed by atoms with Crippen LogP contribution < -0.4 is 0 Å². The zero-order valence-corrected chi connectivity index (χ0v) is 11.5. The highest BCUT2D eigenvalue weighted by Crippen LogP contribution is 2.23. The number of aromatic nitrogens is 1. The molecule has 0 saturated heterocycles. The van der Waals surface area contributed by atoms with E-state index in [2.05, 4.69) is 4.98 Å². The Labute approximate surface area is 111 Å². The van der Waals surface area contributed by atoms with Gasteiger partial charge in [-0.1, -0.05) is 17.7 Å². The van der Waals surface area contributed by atoms with E-state index < -0.39 is 5.41 Å². The fourth-order valence-corrected chi connectivity index (χ4v) is 1.81. The van der Waals surface area contributed by atoms with Crippen molar-refractivity contribution < 1.29 is 9.53 Å². The summed E-state index contributed by atoms with van der Waals surface area (Å²) in [5.74, 6) is -0.203. The third-order valence-electron chi connectivity index (χ3n) is 2.70. The standard InChI is InChI=1S/C14H16ClNO2/c1-14(2,3)13(17)18-8-9-7-16-12-6-10(15)4-5-11(9)12/h4-7,16H,8H2,1-3H3. The minimum absolute atomic E-state index is 0.203. The van der Waals surface area contributed by atoms with Gasteiger partial charge in [-0.15, -0.1) is 0 Å². The second-order valence-electron chi connectivity index (χ2n) is 5.33. The number of carbonyl (C=O) groups excluding carboxylic acids is 1. The predicted molar refractivity (Wildman–Crippen MR) is 72.6 cm³/mol. The van der Waals surface area contributed by atoms with Crippen LogP contribution in [0.1, 0.15) is 26.3 Å². The topological polar surface area (TPSA) is 42.1 Å². The van der Waals surface area contributed by atoms with E-state index >= 15 is 0 Å². The molecule has 0 aliphatic carbocycles. The maximum atomic E-state index is 11.7. The summed E-state index contributed by atoms with van der Waals surface area (Å²) < 4.78 is 5.30. The minimum Gasteiger partial charge on any atom is -0.460 e. The van der Waals surface area contributed by atoms with Crippen LogP contribution in [0.4, 0.5) is 0 Å². The lowest BCUT2D eigenvalue weighted by Gasteiger charge is -2.16. The monoisotopic (exact) mass is 265 g/mol. The van der Waals surface area contributed by atoms with Crippen molar-refractivity contribution in [3.63, 3.8) is 0 Å². The summed E-state index contributed by atoms with van der Waals surface area (Å²) >= 11 is 5.91. The lowest BCUT2D eigenvalue weighted by molar-refractivity contribution is -0.154. The van der Waals surface area contributed by atoms with Crippen molar-refractivity contribution in [1.29, 1.82) is 0 Å². The molecule has 1 aromatic heterocycles. The smallest absolute Gasteiger partial charge is 0.311 e. The SMILES string of the molecule is CC(C)(C)C(=O)OCc1c[nH]c2cc(Cl)ccc12. The second-order valence-corrected chi connectivity index (χ2v) is 5.77. The molecule has 0 aliphatic rings. The molecule has 0 aliphatic heterocycles. The Morgan fingerprint density at radius 3 is 2.78 bits per heavy atom. The van der Waals surface area contributed by atoms with E-state index in [-0.39, 0.29) is 12.6 Å². The summed E-state index contributed by atoms with van der Waals surface area (Å²) in [6, 6.07) is 5.60. The molecule has 3 nitrogen and oxygen atoms in total. The van der Waals surface area contributed by atoms with Gasteiger partial charge in [0, 0.05) is 27.7 Å². The second kappa shape index (κ2) is 4.65. The third kappa shape index (κ3) is 2.67. The molecule has 1 N–H and O–H groups in total. The highest BCUT2D eigenvalue weighted by molar-refractivity contribution is 6.31. The van der Waals surface area contributed by atoms with Gasteiger partial charge >= 0.3 is 5.97 Å². The number of halogens is 1. The number of hydrogen-bond donors (Lipinski definition) is 1. The van der Waals surface area contributed by atoms with Crippen molar-refractivity contribution >= 4 is 28.5 Å². The van der Waals surface area contributed by atoms with Gasteiger partial charge in [-0.25, -0.2) is 0 Å². The lowest BCUT2D eigenvalue weighted by atomic mass is 9.97. The molecular weight excluding hydrogens is 250 g/mol. The molecule has 2 rings (SSSR count). The Hall–Kier alpha value is -1.48. The van der Waals surface area contributed by atoms with Crippen LogP contribution in [0.25, 0.3) is 10.9 Å². The average molecular weight is 266 g/mol. The van der Waals surface area contributed by atoms with Crippen molar-refractivity contribution in [2.75, 3.05) is 0 Å². The number of aromatic amines is 1. The first-order valence-electron chi connectivity index (χ1n) is 5.80. The summed E-state index contributed by atoms with van der Waals surface area (Å²) in [4.78, 5) is 14.8. The summed E-state index contributed by atoms with van der Waals surface area (Å²) in [5.41, 5.74) is 1.43. The van der Waals surface area contributed by atoms with Crippen molar-refractivity contribution in [1.82, 2.24) is 4.98 Å². The van der Waals surface area contributed by atoms with Gasteiger partial charge in [-0.3, -0.25) is 4.79 Å². The fourth-order valence-electron chi connectivity index (χ4n) is 1.64. The van der Waals surface area contributed by atoms with Gasteiger partial charge < -0.3 is 9.72 Å². The van der Waals surface area contributed by atoms with Crippen LogP contribution in [-0.2, 0) is 16.1 Å². The van der Waals surface area contributed by atoms with E-state index in [9.17, 15) is 4.79 Å². The molecule has 0 bridgehead atoms. The van der Waals surface area contributed by atoms with E-state index in [0.29, 0.717) is 5.02 Å². The molecule has 0 fully saturated rings. The minimum atomic E-state index is -0.477. The number of hydrogen-bond acceptors (Lipinski definition) is 2. The molecule has 4 heteroatoms. The van der Waals surface area contributed by atoms with Gasteiger partial charge in [0.1, 0.15) is 6.61 Å². The molecule has 0 atom stereocenters. The molecular formula is C14H16ClNO2. The molecule has 96 valence electrons. The predicted octanol–water partition coefficient (Wildman–Crippen LogP) is 3.91. The number of benzene rings is 1. The number of nitrogens with one attached hydrogen (secondary N) is 1. The molecule has 0 saturated carbocycles. The molecule has 2 aromatic rings. The summed E-state index contributed by atoms with van der Waals surface area (Å²) in [6.07, 6.45) is 1.84. The maximum absolute atomic E-state index is 11.7. The Morgan fingerprint density at radius 2 is 2.11 bits per heavy atom. The first kappa shape index (κ1) is 13.0. The fraction of sp³-hybridized carbons (Fsp3) is 0.357. The van der Waals surface area contributed by atoms with E-state index in [0.717, 1.165) is 16.5 Å². The van der Waals surface area contributed by atoms with Crippen LogP contribution in [0.2, 0.25) is 5.02 Å². The summed E-state index contributed by atoms with van der Waals surface area (Å²) in [5, 5.41) is 1.71. The molecule has 0 spiro atoms. The largest absolute Gasteiger partial charge is 0.460 e. The van der Waals surface area contributed by atoms with Crippen molar-refractivity contribution in [3.8, 4) is 0 Å². The molecule has 1 aromatic carbocycles. The van der Waals surface area contributed by atoms with E-state index in [1.54, 1.807) is 0 Å². The van der Waals surface area contributed by atoms with Crippen LogP contribution >= 0.6 is 11.6 Å². The molecule has 0 unspecified atom stereocenters. The zero-order chi connectivity index (χ0) is 13.3. The number of H-pyrrole nitrogens is 1. The number of carbonyl (C=O) groups is 1. The van der Waals surface area contributed by atoms with Crippen molar-refractivity contribution in [3.05, 3.63) is 35.0 Å². The van der Waals surface area contributed by atoms with Crippen LogP contribution in [0.3, 0.4) is 0 Å². The van der Waals surface area contributed by atoms with Crippen molar-refractivity contribution in [2.24, 2.45) is 5.41 Å². The van der Waals surface area contributed by atoms with Gasteiger partial charge in [0.25, 0.3) is 0 Å².